The van der Waals surface area contributed by atoms with Crippen LogP contribution in [-0.4, -0.2) is 113 Å². The van der Waals surface area contributed by atoms with E-state index < -0.39 is 74.3 Å². The maximum atomic E-state index is 14.5. The molecule has 2 aliphatic carbocycles. The number of aromatic nitrogens is 3. The molecule has 0 spiro atoms. The largest absolute Gasteiger partial charge is 0.497 e. The van der Waals surface area contributed by atoms with Gasteiger partial charge in [0.05, 0.1) is 25.5 Å². The van der Waals surface area contributed by atoms with Gasteiger partial charge in [0.2, 0.25) is 27.7 Å². The number of amides is 4. The van der Waals surface area contributed by atoms with E-state index in [1.54, 1.807) is 69.2 Å². The number of alkyl carbamates (subject to hydrolysis) is 1. The molecule has 4 heterocycles. The maximum Gasteiger partial charge on any atom is 0.408 e. The number of carbonyl (C=O) groups is 4. The Bertz CT molecular complexity index is 2130. The minimum atomic E-state index is -3.92. The lowest BCUT2D eigenvalue weighted by molar-refractivity contribution is -0.142. The Kier molecular flexibility index (Phi) is 10.7. The molecular weight excluding hydrogens is 747 g/mol. The zero-order valence-corrected chi connectivity index (χ0v) is 32.5. The molecule has 18 heteroatoms. The van der Waals surface area contributed by atoms with Gasteiger partial charge in [-0.1, -0.05) is 12.2 Å². The average molecular weight is 794 g/mol. The molecule has 300 valence electrons. The van der Waals surface area contributed by atoms with Crippen molar-refractivity contribution in [3.63, 3.8) is 0 Å². The number of ether oxygens (including phenoxy) is 4. The molecular formula is C38H47N7O10S. The number of fused-ring (bicyclic) bond motifs is 3. The van der Waals surface area contributed by atoms with Crippen LogP contribution < -0.4 is 24.8 Å². The van der Waals surface area contributed by atoms with Crippen LogP contribution in [0.5, 0.6) is 11.6 Å². The first kappa shape index (κ1) is 39.0. The SMILES string of the molecule is COc1ccc2c(O[C@@H]3C[C@H]4C(=O)N[C@]5(C(=O)NS(=O)(=O)C6CC6)C[C@H]5/C=C\CCCOC[C@H](NC(=O)OC(C)(C)C)C(=O)N4C3)nc(-n3cccn3)cc2c1. The van der Waals surface area contributed by atoms with Crippen LogP contribution in [0, 0.1) is 5.92 Å². The van der Waals surface area contributed by atoms with Crippen molar-refractivity contribution in [2.75, 3.05) is 26.9 Å². The van der Waals surface area contributed by atoms with Crippen LogP contribution in [0.4, 0.5) is 4.79 Å². The Morgan fingerprint density at radius 1 is 1.14 bits per heavy atom. The van der Waals surface area contributed by atoms with Gasteiger partial charge in [0.25, 0.3) is 5.91 Å². The number of benzene rings is 1. The highest BCUT2D eigenvalue weighted by Gasteiger charge is 2.62. The average Bonchev–Trinajstić information content (AvgIpc) is 4.00. The first-order chi connectivity index (χ1) is 26.7. The van der Waals surface area contributed by atoms with E-state index in [4.69, 9.17) is 23.9 Å². The fourth-order valence-corrected chi connectivity index (χ4v) is 8.38. The molecule has 2 aromatic heterocycles. The van der Waals surface area contributed by atoms with Gasteiger partial charge in [0.1, 0.15) is 35.1 Å². The molecule has 0 unspecified atom stereocenters. The quantitative estimate of drug-likeness (QED) is 0.281. The Morgan fingerprint density at radius 2 is 1.95 bits per heavy atom. The molecule has 5 atom stereocenters. The van der Waals surface area contributed by atoms with Crippen molar-refractivity contribution >= 4 is 44.6 Å². The third kappa shape index (κ3) is 8.60. The van der Waals surface area contributed by atoms with Crippen LogP contribution in [-0.2, 0) is 33.9 Å². The van der Waals surface area contributed by atoms with Gasteiger partial charge in [-0.3, -0.25) is 19.1 Å². The highest BCUT2D eigenvalue weighted by Crippen LogP contribution is 2.46. The van der Waals surface area contributed by atoms with E-state index in [2.05, 4.69) is 20.5 Å². The van der Waals surface area contributed by atoms with Gasteiger partial charge < -0.3 is 34.5 Å². The second kappa shape index (κ2) is 15.4. The van der Waals surface area contributed by atoms with Crippen LogP contribution in [0.2, 0.25) is 0 Å². The number of nitrogens with one attached hydrogen (secondary N) is 3. The summed E-state index contributed by atoms with van der Waals surface area (Å²) >= 11 is 0. The summed E-state index contributed by atoms with van der Waals surface area (Å²) in [5, 5.41) is 10.5. The van der Waals surface area contributed by atoms with Crippen molar-refractivity contribution in [3.8, 4) is 17.4 Å². The van der Waals surface area contributed by atoms with Crippen molar-refractivity contribution in [2.45, 2.75) is 93.9 Å². The highest BCUT2D eigenvalue weighted by atomic mass is 32.2. The second-order valence-electron chi connectivity index (χ2n) is 15.6. The van der Waals surface area contributed by atoms with Crippen molar-refractivity contribution in [1.29, 1.82) is 0 Å². The Balaban J connectivity index is 1.22. The van der Waals surface area contributed by atoms with Gasteiger partial charge in [0, 0.05) is 36.7 Å². The molecule has 3 fully saturated rings. The molecule has 1 saturated heterocycles. The third-order valence-electron chi connectivity index (χ3n) is 10.1. The number of rotatable bonds is 8. The van der Waals surface area contributed by atoms with Crippen molar-refractivity contribution in [2.24, 2.45) is 5.92 Å². The molecule has 7 rings (SSSR count). The topological polar surface area (TPSA) is 209 Å². The summed E-state index contributed by atoms with van der Waals surface area (Å²) in [5.41, 5.74) is -2.41. The minimum Gasteiger partial charge on any atom is -0.497 e. The summed E-state index contributed by atoms with van der Waals surface area (Å²) in [6, 6.07) is 6.53. The third-order valence-corrected chi connectivity index (χ3v) is 11.9. The number of methoxy groups -OCH3 is 1. The van der Waals surface area contributed by atoms with Gasteiger partial charge in [-0.05, 0) is 88.6 Å². The zero-order chi connectivity index (χ0) is 39.8. The monoisotopic (exact) mass is 793 g/mol. The number of sulfonamides is 1. The summed E-state index contributed by atoms with van der Waals surface area (Å²) < 4.78 is 52.8. The molecule has 56 heavy (non-hydrogen) atoms. The molecule has 2 saturated carbocycles. The van der Waals surface area contributed by atoms with Gasteiger partial charge in [0.15, 0.2) is 5.82 Å². The normalized spacial score (nSPS) is 26.5. The number of hydrogen-bond donors (Lipinski definition) is 3. The van der Waals surface area contributed by atoms with Crippen molar-refractivity contribution in [1.82, 2.24) is 35.0 Å². The molecule has 0 radical (unpaired) electrons. The Labute approximate surface area is 324 Å². The van der Waals surface area contributed by atoms with Crippen LogP contribution >= 0.6 is 0 Å². The van der Waals surface area contributed by atoms with E-state index in [9.17, 15) is 27.6 Å². The predicted octanol–water partition coefficient (Wildman–Crippen LogP) is 2.52. The first-order valence-electron chi connectivity index (χ1n) is 18.7. The number of nitrogens with zero attached hydrogens (tertiary/aromatic N) is 4. The number of carbonyl (C=O) groups excluding carboxylic acids is 4. The highest BCUT2D eigenvalue weighted by molar-refractivity contribution is 7.91. The van der Waals surface area contributed by atoms with E-state index in [0.29, 0.717) is 42.6 Å². The van der Waals surface area contributed by atoms with Gasteiger partial charge in [-0.2, -0.15) is 10.1 Å². The maximum absolute atomic E-state index is 14.5. The summed E-state index contributed by atoms with van der Waals surface area (Å²) in [6.45, 7) is 5.03. The first-order valence-corrected chi connectivity index (χ1v) is 20.3. The van der Waals surface area contributed by atoms with Gasteiger partial charge in [-0.25, -0.2) is 17.9 Å². The zero-order valence-electron chi connectivity index (χ0n) is 31.7. The van der Waals surface area contributed by atoms with Crippen LogP contribution in [0.15, 0.2) is 54.9 Å². The molecule has 1 aromatic carbocycles. The Morgan fingerprint density at radius 3 is 2.66 bits per heavy atom. The minimum absolute atomic E-state index is 0.0263. The molecule has 3 N–H and O–H groups in total. The fraction of sp³-hybridized carbons (Fsp3) is 0.526. The second-order valence-corrected chi connectivity index (χ2v) is 17.6. The van der Waals surface area contributed by atoms with E-state index in [1.807, 2.05) is 18.2 Å². The van der Waals surface area contributed by atoms with E-state index in [0.717, 1.165) is 5.39 Å². The van der Waals surface area contributed by atoms with Gasteiger partial charge >= 0.3 is 6.09 Å². The molecule has 4 amide bonds. The molecule has 2 aliphatic heterocycles. The standard InChI is InChI=1S/C38H47N7O10S/c1-37(2,3)55-36(49)40-29-22-53-16-7-5-6-9-24-20-38(24,35(48)43-56(50,51)27-11-12-27)42-32(46)30-19-26(21-44(30)34(29)47)54-33-28-13-10-25(52-4)17-23(28)18-31(41-33)45-15-8-14-39-45/h6,8-10,13-15,17-18,24,26-27,29-30H,5,7,11-12,16,19-22H2,1-4H3,(H,40,49)(H,42,46)(H,43,48)/b9-6-/t24-,26-,29+,30+,38-/m1/s1. The summed E-state index contributed by atoms with van der Waals surface area (Å²) in [4.78, 5) is 61.8. The summed E-state index contributed by atoms with van der Waals surface area (Å²) in [7, 11) is -2.36. The summed E-state index contributed by atoms with van der Waals surface area (Å²) in [6.07, 6.45) is 7.54. The van der Waals surface area contributed by atoms with Crippen LogP contribution in [0.25, 0.3) is 16.6 Å². The Hall–Kier alpha value is -5.23. The van der Waals surface area contributed by atoms with E-state index in [-0.39, 0.29) is 38.5 Å². The van der Waals surface area contributed by atoms with Crippen molar-refractivity contribution in [3.05, 3.63) is 54.9 Å². The van der Waals surface area contributed by atoms with E-state index in [1.165, 1.54) is 4.90 Å². The van der Waals surface area contributed by atoms with Gasteiger partial charge in [-0.15, -0.1) is 0 Å². The predicted molar refractivity (Wildman–Crippen MR) is 201 cm³/mol. The summed E-state index contributed by atoms with van der Waals surface area (Å²) in [5.74, 6) is -1.34. The smallest absolute Gasteiger partial charge is 0.408 e. The molecule has 4 aliphatic rings. The molecule has 0 bridgehead atoms. The lowest BCUT2D eigenvalue weighted by atomic mass is 10.1. The molecule has 3 aromatic rings. The van der Waals surface area contributed by atoms with Crippen LogP contribution in [0.3, 0.4) is 0 Å². The fourth-order valence-electron chi connectivity index (χ4n) is 7.02. The van der Waals surface area contributed by atoms with E-state index >= 15 is 0 Å². The molecule has 17 nitrogen and oxygen atoms in total. The van der Waals surface area contributed by atoms with Crippen LogP contribution in [0.1, 0.15) is 59.3 Å². The number of hydrogen-bond acceptors (Lipinski definition) is 12. The number of pyridine rings is 1. The lowest BCUT2D eigenvalue weighted by Crippen LogP contribution is -2.59. The van der Waals surface area contributed by atoms with Crippen molar-refractivity contribution < 1.29 is 46.5 Å². The number of allylic oxidation sites excluding steroid dienone is 1. The lowest BCUT2D eigenvalue weighted by Gasteiger charge is -2.30.